The molecule has 0 radical (unpaired) electrons. The van der Waals surface area contributed by atoms with Crippen molar-refractivity contribution in [1.29, 1.82) is 5.26 Å². The van der Waals surface area contributed by atoms with E-state index < -0.39 is 4.92 Å². The Morgan fingerprint density at radius 1 is 1.67 bits per heavy atom. The number of ether oxygens (including phenoxy) is 1. The molecule has 8 heteroatoms. The van der Waals surface area contributed by atoms with Gasteiger partial charge < -0.3 is 4.74 Å². The van der Waals surface area contributed by atoms with Crippen LogP contribution in [0.5, 0.6) is 0 Å². The maximum atomic E-state index is 11.3. The van der Waals surface area contributed by atoms with Gasteiger partial charge in [-0.3, -0.25) is 14.9 Å². The minimum Gasteiger partial charge on any atom is -0.469 e. The average Bonchev–Trinajstić information content (AvgIpc) is 3.24. The molecular formula is C13H13N3O4S. The molecule has 1 heterocycles. The summed E-state index contributed by atoms with van der Waals surface area (Å²) in [6.07, 6.45) is 3.36. The fraction of sp³-hybridized carbons (Fsp3) is 0.462. The zero-order chi connectivity index (χ0) is 15.5. The van der Waals surface area contributed by atoms with E-state index in [1.165, 1.54) is 24.9 Å². The third kappa shape index (κ3) is 3.70. The Balaban J connectivity index is 2.05. The molecule has 1 aliphatic rings. The summed E-state index contributed by atoms with van der Waals surface area (Å²) in [4.78, 5) is 25.4. The Bertz CT molecular complexity index is 622. The molecule has 0 atom stereocenters. The van der Waals surface area contributed by atoms with E-state index >= 15 is 0 Å². The Hall–Kier alpha value is -2.14. The highest BCUT2D eigenvalue weighted by Gasteiger charge is 2.44. The fourth-order valence-electron chi connectivity index (χ4n) is 1.88. The van der Waals surface area contributed by atoms with Crippen LogP contribution in [0.4, 0.5) is 5.69 Å². The highest BCUT2D eigenvalue weighted by Crippen LogP contribution is 2.52. The van der Waals surface area contributed by atoms with Gasteiger partial charge in [-0.25, -0.2) is 4.98 Å². The minimum atomic E-state index is -0.581. The van der Waals surface area contributed by atoms with Gasteiger partial charge in [-0.15, -0.1) is 11.8 Å². The number of carbonyl (C=O) groups is 1. The van der Waals surface area contributed by atoms with Gasteiger partial charge in [0.25, 0.3) is 5.69 Å². The number of rotatable bonds is 6. The number of methoxy groups -OCH3 is 1. The van der Waals surface area contributed by atoms with E-state index in [0.29, 0.717) is 17.2 Å². The molecule has 0 amide bonds. The summed E-state index contributed by atoms with van der Waals surface area (Å²) >= 11 is 1.35. The second-order valence-corrected chi connectivity index (χ2v) is 5.92. The van der Waals surface area contributed by atoms with E-state index in [1.54, 1.807) is 0 Å². The van der Waals surface area contributed by atoms with Crippen molar-refractivity contribution in [3.05, 3.63) is 27.9 Å². The van der Waals surface area contributed by atoms with Gasteiger partial charge in [-0.1, -0.05) is 0 Å². The second kappa shape index (κ2) is 6.10. The van der Waals surface area contributed by atoms with Crippen LogP contribution in [-0.2, 0) is 9.53 Å². The molecule has 0 N–H and O–H groups in total. The number of pyridine rings is 1. The molecule has 1 fully saturated rings. The maximum absolute atomic E-state index is 11.3. The number of hydrogen-bond acceptors (Lipinski definition) is 7. The third-order valence-corrected chi connectivity index (χ3v) is 4.74. The van der Waals surface area contributed by atoms with Crippen molar-refractivity contribution in [2.75, 3.05) is 12.9 Å². The van der Waals surface area contributed by atoms with Crippen molar-refractivity contribution in [2.24, 2.45) is 5.41 Å². The van der Waals surface area contributed by atoms with E-state index in [-0.39, 0.29) is 22.6 Å². The number of thioether (sulfide) groups is 1. The number of nitriles is 1. The molecule has 1 aliphatic carbocycles. The Morgan fingerprint density at radius 2 is 2.38 bits per heavy atom. The minimum absolute atomic E-state index is 0.0893. The molecule has 0 aliphatic heterocycles. The van der Waals surface area contributed by atoms with Gasteiger partial charge in [0.05, 0.1) is 24.0 Å². The van der Waals surface area contributed by atoms with Crippen LogP contribution in [0.15, 0.2) is 17.3 Å². The summed E-state index contributed by atoms with van der Waals surface area (Å²) in [6.45, 7) is 0. The van der Waals surface area contributed by atoms with Crippen LogP contribution in [0.1, 0.15) is 24.8 Å². The largest absolute Gasteiger partial charge is 0.469 e. The topological polar surface area (TPSA) is 106 Å². The predicted octanol–water partition coefficient (Wildman–Crippen LogP) is 2.30. The molecule has 1 aromatic heterocycles. The van der Waals surface area contributed by atoms with Gasteiger partial charge in [0.15, 0.2) is 0 Å². The monoisotopic (exact) mass is 307 g/mol. The van der Waals surface area contributed by atoms with Crippen molar-refractivity contribution in [3.8, 4) is 6.07 Å². The molecule has 0 spiro atoms. The fourth-order valence-corrected chi connectivity index (χ4v) is 3.11. The number of hydrogen-bond donors (Lipinski definition) is 0. The lowest BCUT2D eigenvalue weighted by molar-refractivity contribution is -0.385. The van der Waals surface area contributed by atoms with E-state index in [2.05, 4.69) is 9.72 Å². The Kier molecular flexibility index (Phi) is 4.43. The standard InChI is InChI=1S/C13H13N3O4S/c1-20-11(17)5-13(2-3-13)8-21-12-9(6-14)4-10(7-15-12)16(18)19/h4,7H,2-3,5,8H2,1H3. The number of nitrogens with zero attached hydrogens (tertiary/aromatic N) is 3. The van der Waals surface area contributed by atoms with Gasteiger partial charge in [0.2, 0.25) is 0 Å². The van der Waals surface area contributed by atoms with E-state index in [4.69, 9.17) is 5.26 Å². The van der Waals surface area contributed by atoms with Gasteiger partial charge in [0.1, 0.15) is 17.3 Å². The van der Waals surface area contributed by atoms with Crippen LogP contribution in [0.25, 0.3) is 0 Å². The third-order valence-electron chi connectivity index (χ3n) is 3.39. The highest BCUT2D eigenvalue weighted by atomic mass is 32.2. The van der Waals surface area contributed by atoms with Gasteiger partial charge in [-0.05, 0) is 18.3 Å². The normalized spacial score (nSPS) is 15.0. The summed E-state index contributed by atoms with van der Waals surface area (Å²) in [7, 11) is 1.36. The van der Waals surface area contributed by atoms with Crippen molar-refractivity contribution < 1.29 is 14.5 Å². The molecule has 7 nitrogen and oxygen atoms in total. The van der Waals surface area contributed by atoms with Crippen molar-refractivity contribution in [3.63, 3.8) is 0 Å². The lowest BCUT2D eigenvalue weighted by atomic mass is 10.1. The van der Waals surface area contributed by atoms with Crippen LogP contribution in [-0.4, -0.2) is 28.7 Å². The SMILES string of the molecule is COC(=O)CC1(CSc2ncc([N+](=O)[O-])cc2C#N)CC1. The first-order chi connectivity index (χ1) is 9.99. The van der Waals surface area contributed by atoms with E-state index in [1.807, 2.05) is 6.07 Å². The summed E-state index contributed by atoms with van der Waals surface area (Å²) in [6, 6.07) is 3.14. The average molecular weight is 307 g/mol. The van der Waals surface area contributed by atoms with Crippen LogP contribution < -0.4 is 0 Å². The molecule has 0 bridgehead atoms. The molecule has 1 saturated carbocycles. The Morgan fingerprint density at radius 3 is 2.90 bits per heavy atom. The first kappa shape index (κ1) is 15.3. The van der Waals surface area contributed by atoms with Crippen LogP contribution >= 0.6 is 11.8 Å². The second-order valence-electron chi connectivity index (χ2n) is 4.96. The summed E-state index contributed by atoms with van der Waals surface area (Å²) in [5.74, 6) is 0.395. The quantitative estimate of drug-likeness (QED) is 0.343. The van der Waals surface area contributed by atoms with Gasteiger partial charge in [-0.2, -0.15) is 5.26 Å². The van der Waals surface area contributed by atoms with Crippen LogP contribution in [0.2, 0.25) is 0 Å². The van der Waals surface area contributed by atoms with Gasteiger partial charge in [0, 0.05) is 11.8 Å². The van der Waals surface area contributed by atoms with E-state index in [0.717, 1.165) is 19.0 Å². The Labute approximate surface area is 125 Å². The first-order valence-corrected chi connectivity index (χ1v) is 7.22. The molecule has 2 rings (SSSR count). The lowest BCUT2D eigenvalue weighted by Crippen LogP contribution is -2.13. The van der Waals surface area contributed by atoms with E-state index in [9.17, 15) is 14.9 Å². The number of carbonyl (C=O) groups excluding carboxylic acids is 1. The number of aromatic nitrogens is 1. The van der Waals surface area contributed by atoms with Crippen molar-refractivity contribution in [2.45, 2.75) is 24.3 Å². The summed E-state index contributed by atoms with van der Waals surface area (Å²) in [5, 5.41) is 20.2. The van der Waals surface area contributed by atoms with Gasteiger partial charge >= 0.3 is 5.97 Å². The molecular weight excluding hydrogens is 294 g/mol. The lowest BCUT2D eigenvalue weighted by Gasteiger charge is -2.12. The van der Waals surface area contributed by atoms with Crippen molar-refractivity contribution >= 4 is 23.4 Å². The number of nitro groups is 1. The summed E-state index contributed by atoms with van der Waals surface area (Å²) < 4.78 is 4.67. The first-order valence-electron chi connectivity index (χ1n) is 6.24. The van der Waals surface area contributed by atoms with Crippen LogP contribution in [0, 0.1) is 26.9 Å². The number of esters is 1. The molecule has 0 unspecified atom stereocenters. The summed E-state index contributed by atoms with van der Waals surface area (Å²) in [5.41, 5.74) is -0.108. The van der Waals surface area contributed by atoms with Crippen molar-refractivity contribution in [1.82, 2.24) is 4.98 Å². The molecule has 0 saturated heterocycles. The predicted molar refractivity (Wildman–Crippen MR) is 74.6 cm³/mol. The maximum Gasteiger partial charge on any atom is 0.306 e. The highest BCUT2D eigenvalue weighted by molar-refractivity contribution is 7.99. The van der Waals surface area contributed by atoms with Crippen LogP contribution in [0.3, 0.4) is 0 Å². The molecule has 21 heavy (non-hydrogen) atoms. The molecule has 0 aromatic carbocycles. The molecule has 1 aromatic rings. The zero-order valence-corrected chi connectivity index (χ0v) is 12.2. The zero-order valence-electron chi connectivity index (χ0n) is 11.4. The molecule has 110 valence electrons. The smallest absolute Gasteiger partial charge is 0.306 e.